The Kier molecular flexibility index (Phi) is 2.05. The molecule has 0 unspecified atom stereocenters. The van der Waals surface area contributed by atoms with Gasteiger partial charge in [0.05, 0.1) is 6.34 Å². The molecule has 2 rings (SSSR count). The number of aromatic nitrogens is 5. The van der Waals surface area contributed by atoms with E-state index in [1.54, 1.807) is 18.5 Å². The molecule has 0 aromatic carbocycles. The van der Waals surface area contributed by atoms with E-state index in [9.17, 15) is 0 Å². The van der Waals surface area contributed by atoms with Crippen LogP contribution in [0.4, 0.5) is 5.82 Å². The minimum Gasteiger partial charge on any atom is -0.369 e. The maximum atomic E-state index is 4.11. The van der Waals surface area contributed by atoms with Crippen molar-refractivity contribution in [3.8, 4) is 0 Å². The van der Waals surface area contributed by atoms with E-state index in [4.69, 9.17) is 0 Å². The number of fused-ring (bicyclic) bond motifs is 1. The summed E-state index contributed by atoms with van der Waals surface area (Å²) in [5.74, 6) is 0.568. The second kappa shape index (κ2) is 3.36. The lowest BCUT2D eigenvalue weighted by Crippen LogP contribution is -2.07. The Morgan fingerprint density at radius 2 is 2.29 bits per heavy atom. The van der Waals surface area contributed by atoms with Crippen LogP contribution in [0.5, 0.6) is 0 Å². The first-order valence-electron chi connectivity index (χ1n) is 4.02. The number of rotatable bonds is 2. The average molecular weight is 191 g/mol. The molecule has 0 saturated carbocycles. The van der Waals surface area contributed by atoms with Crippen LogP contribution in [0, 0.1) is 0 Å². The SMILES string of the molecule is CN(C)C=Nc1ccc2nnnn2n1. The van der Waals surface area contributed by atoms with Gasteiger partial charge in [0.15, 0.2) is 11.5 Å². The van der Waals surface area contributed by atoms with E-state index in [0.717, 1.165) is 0 Å². The van der Waals surface area contributed by atoms with Gasteiger partial charge in [0.25, 0.3) is 0 Å². The molecule has 7 nitrogen and oxygen atoms in total. The summed E-state index contributed by atoms with van der Waals surface area (Å²) < 4.78 is 1.34. The molecule has 0 atom stereocenters. The number of nitrogens with zero attached hydrogens (tertiary/aromatic N) is 7. The molecule has 14 heavy (non-hydrogen) atoms. The molecule has 0 amide bonds. The van der Waals surface area contributed by atoms with Crippen molar-refractivity contribution in [2.24, 2.45) is 4.99 Å². The third-order valence-electron chi connectivity index (χ3n) is 1.48. The van der Waals surface area contributed by atoms with Crippen LogP contribution in [0.2, 0.25) is 0 Å². The molecular formula is C7H9N7. The van der Waals surface area contributed by atoms with E-state index in [1.807, 2.05) is 19.0 Å². The van der Waals surface area contributed by atoms with Gasteiger partial charge in [0.1, 0.15) is 0 Å². The van der Waals surface area contributed by atoms with E-state index in [0.29, 0.717) is 11.5 Å². The zero-order valence-corrected chi connectivity index (χ0v) is 7.86. The van der Waals surface area contributed by atoms with Gasteiger partial charge in [-0.1, -0.05) is 0 Å². The van der Waals surface area contributed by atoms with Crippen LogP contribution < -0.4 is 0 Å². The maximum Gasteiger partial charge on any atom is 0.200 e. The molecule has 0 aliphatic heterocycles. The number of hydrogen-bond donors (Lipinski definition) is 0. The maximum absolute atomic E-state index is 4.11. The van der Waals surface area contributed by atoms with E-state index in [2.05, 4.69) is 25.6 Å². The second-order valence-corrected chi connectivity index (χ2v) is 2.93. The zero-order valence-electron chi connectivity index (χ0n) is 7.86. The molecule has 0 saturated heterocycles. The highest BCUT2D eigenvalue weighted by molar-refractivity contribution is 5.59. The van der Waals surface area contributed by atoms with Gasteiger partial charge in [-0.05, 0) is 22.6 Å². The molecule has 2 aromatic rings. The fourth-order valence-corrected chi connectivity index (χ4v) is 0.884. The van der Waals surface area contributed by atoms with E-state index < -0.39 is 0 Å². The van der Waals surface area contributed by atoms with Crippen molar-refractivity contribution in [2.75, 3.05) is 14.1 Å². The van der Waals surface area contributed by atoms with Crippen LogP contribution in [0.3, 0.4) is 0 Å². The van der Waals surface area contributed by atoms with Crippen LogP contribution >= 0.6 is 0 Å². The van der Waals surface area contributed by atoms with Gasteiger partial charge in [-0.15, -0.1) is 14.8 Å². The third kappa shape index (κ3) is 1.65. The normalized spacial score (nSPS) is 11.3. The first-order valence-corrected chi connectivity index (χ1v) is 4.02. The van der Waals surface area contributed by atoms with E-state index >= 15 is 0 Å². The van der Waals surface area contributed by atoms with Crippen molar-refractivity contribution in [1.82, 2.24) is 30.2 Å². The Labute approximate surface area is 80.1 Å². The molecule has 0 spiro atoms. The van der Waals surface area contributed by atoms with Crippen molar-refractivity contribution in [2.45, 2.75) is 0 Å². The number of tetrazole rings is 1. The highest BCUT2D eigenvalue weighted by Gasteiger charge is 1.97. The Morgan fingerprint density at radius 3 is 3.07 bits per heavy atom. The molecule has 2 aromatic heterocycles. The molecule has 2 heterocycles. The van der Waals surface area contributed by atoms with Gasteiger partial charge in [0, 0.05) is 14.1 Å². The first-order chi connectivity index (χ1) is 6.75. The quantitative estimate of drug-likeness (QED) is 0.483. The first kappa shape index (κ1) is 8.54. The minimum atomic E-state index is 0.568. The van der Waals surface area contributed by atoms with Crippen LogP contribution in [-0.4, -0.2) is 50.6 Å². The summed E-state index contributed by atoms with van der Waals surface area (Å²) in [7, 11) is 3.78. The predicted molar refractivity (Wildman–Crippen MR) is 50.4 cm³/mol. The summed E-state index contributed by atoms with van der Waals surface area (Å²) in [6.07, 6.45) is 1.67. The van der Waals surface area contributed by atoms with Crippen molar-refractivity contribution < 1.29 is 0 Å². The summed E-state index contributed by atoms with van der Waals surface area (Å²) in [5, 5.41) is 14.9. The monoisotopic (exact) mass is 191 g/mol. The Bertz CT molecular complexity index is 458. The third-order valence-corrected chi connectivity index (χ3v) is 1.48. The van der Waals surface area contributed by atoms with E-state index in [1.165, 1.54) is 4.63 Å². The van der Waals surface area contributed by atoms with Crippen molar-refractivity contribution >= 4 is 17.8 Å². The minimum absolute atomic E-state index is 0.568. The van der Waals surface area contributed by atoms with Crippen molar-refractivity contribution in [1.29, 1.82) is 0 Å². The van der Waals surface area contributed by atoms with Crippen LogP contribution in [0.25, 0.3) is 5.65 Å². The molecule has 0 bridgehead atoms. The molecule has 7 heteroatoms. The second-order valence-electron chi connectivity index (χ2n) is 2.93. The molecular weight excluding hydrogens is 182 g/mol. The van der Waals surface area contributed by atoms with Gasteiger partial charge in [-0.2, -0.15) is 0 Å². The summed E-state index contributed by atoms with van der Waals surface area (Å²) in [6, 6.07) is 3.51. The molecule has 0 fully saturated rings. The standard InChI is InChI=1S/C7H9N7/c1-13(2)5-8-6-3-4-7-9-11-12-14(7)10-6/h3-5H,1-2H3. The van der Waals surface area contributed by atoms with E-state index in [-0.39, 0.29) is 0 Å². The average Bonchev–Trinajstić information content (AvgIpc) is 2.61. The molecule has 0 radical (unpaired) electrons. The van der Waals surface area contributed by atoms with Crippen LogP contribution in [0.1, 0.15) is 0 Å². The van der Waals surface area contributed by atoms with Gasteiger partial charge < -0.3 is 4.90 Å². The van der Waals surface area contributed by atoms with Gasteiger partial charge in [0.2, 0.25) is 0 Å². The van der Waals surface area contributed by atoms with Crippen molar-refractivity contribution in [3.63, 3.8) is 0 Å². The topological polar surface area (TPSA) is 71.6 Å². The van der Waals surface area contributed by atoms with Crippen LogP contribution in [-0.2, 0) is 0 Å². The Morgan fingerprint density at radius 1 is 1.43 bits per heavy atom. The molecule has 0 aliphatic rings. The molecule has 0 aliphatic carbocycles. The fraction of sp³-hybridized carbons (Fsp3) is 0.286. The lowest BCUT2D eigenvalue weighted by Gasteiger charge is -2.01. The predicted octanol–water partition coefficient (Wildman–Crippen LogP) is -0.259. The largest absolute Gasteiger partial charge is 0.369 e. The van der Waals surface area contributed by atoms with Crippen LogP contribution in [0.15, 0.2) is 17.1 Å². The highest BCUT2D eigenvalue weighted by atomic mass is 15.6. The van der Waals surface area contributed by atoms with Crippen molar-refractivity contribution in [3.05, 3.63) is 12.1 Å². The lowest BCUT2D eigenvalue weighted by molar-refractivity contribution is 0.642. The summed E-state index contributed by atoms with van der Waals surface area (Å²) >= 11 is 0. The Balaban J connectivity index is 2.34. The summed E-state index contributed by atoms with van der Waals surface area (Å²) in [6.45, 7) is 0. The van der Waals surface area contributed by atoms with Gasteiger partial charge in [-0.25, -0.2) is 4.99 Å². The Hall–Kier alpha value is -2.05. The zero-order chi connectivity index (χ0) is 9.97. The number of aliphatic imine (C=N–C) groups is 1. The molecule has 0 N–H and O–H groups in total. The molecule has 72 valence electrons. The van der Waals surface area contributed by atoms with Gasteiger partial charge >= 0.3 is 0 Å². The lowest BCUT2D eigenvalue weighted by atomic mass is 10.5. The summed E-state index contributed by atoms with van der Waals surface area (Å²) in [4.78, 5) is 5.93. The summed E-state index contributed by atoms with van der Waals surface area (Å²) in [5.41, 5.74) is 0.605. The smallest absolute Gasteiger partial charge is 0.200 e. The highest BCUT2D eigenvalue weighted by Crippen LogP contribution is 2.05. The van der Waals surface area contributed by atoms with Gasteiger partial charge in [-0.3, -0.25) is 0 Å². The number of hydrogen-bond acceptors (Lipinski definition) is 5. The fourth-order valence-electron chi connectivity index (χ4n) is 0.884.